The molecule has 0 atom stereocenters. The topological polar surface area (TPSA) is 74.0 Å². The number of aromatic nitrogens is 1. The smallest absolute Gasteiger partial charge is 0.315 e. The molecule has 0 aliphatic rings. The molecule has 0 aliphatic heterocycles. The van der Waals surface area contributed by atoms with E-state index < -0.39 is 0 Å². The van der Waals surface area contributed by atoms with Crippen LogP contribution in [0.2, 0.25) is 0 Å². The van der Waals surface area contributed by atoms with Gasteiger partial charge in [-0.3, -0.25) is 4.79 Å². The Morgan fingerprint density at radius 3 is 2.41 bits per heavy atom. The molecule has 0 aliphatic carbocycles. The first kappa shape index (κ1) is 16.1. The fraction of sp³-hybridized carbons (Fsp3) is 0.412. The molecule has 2 amide bonds. The monoisotopic (exact) mass is 301 g/mol. The lowest BCUT2D eigenvalue weighted by Gasteiger charge is -2.20. The Morgan fingerprint density at radius 2 is 1.77 bits per heavy atom. The van der Waals surface area contributed by atoms with E-state index >= 15 is 0 Å². The van der Waals surface area contributed by atoms with Crippen molar-refractivity contribution in [2.75, 3.05) is 0 Å². The van der Waals surface area contributed by atoms with Gasteiger partial charge >= 0.3 is 6.03 Å². The van der Waals surface area contributed by atoms with E-state index in [-0.39, 0.29) is 23.7 Å². The molecule has 0 saturated carbocycles. The molecule has 118 valence electrons. The fourth-order valence-electron chi connectivity index (χ4n) is 2.21. The first-order chi connectivity index (χ1) is 10.2. The van der Waals surface area contributed by atoms with Crippen LogP contribution in [0.1, 0.15) is 37.5 Å². The van der Waals surface area contributed by atoms with Crippen LogP contribution in [0.15, 0.2) is 23.0 Å². The van der Waals surface area contributed by atoms with E-state index in [4.69, 9.17) is 0 Å². The number of benzene rings is 1. The number of carbonyl (C=O) groups excluding carboxylic acids is 1. The summed E-state index contributed by atoms with van der Waals surface area (Å²) in [5.74, 6) is 0. The highest BCUT2D eigenvalue weighted by atomic mass is 16.2. The number of hydrogen-bond donors (Lipinski definition) is 3. The molecule has 2 rings (SSSR count). The summed E-state index contributed by atoms with van der Waals surface area (Å²) in [6.07, 6.45) is 0. The van der Waals surface area contributed by atoms with Crippen molar-refractivity contribution in [1.29, 1.82) is 0 Å². The molecule has 3 N–H and O–H groups in total. The van der Waals surface area contributed by atoms with Gasteiger partial charge in [-0.1, -0.05) is 0 Å². The van der Waals surface area contributed by atoms with Gasteiger partial charge in [0.1, 0.15) is 0 Å². The minimum Gasteiger partial charge on any atom is -0.334 e. The van der Waals surface area contributed by atoms with Crippen LogP contribution in [-0.4, -0.2) is 16.6 Å². The van der Waals surface area contributed by atoms with Crippen LogP contribution in [0.25, 0.3) is 10.9 Å². The van der Waals surface area contributed by atoms with Gasteiger partial charge in [0.2, 0.25) is 0 Å². The van der Waals surface area contributed by atoms with Gasteiger partial charge in [0.15, 0.2) is 0 Å². The molecule has 1 heterocycles. The molecule has 0 bridgehead atoms. The summed E-state index contributed by atoms with van der Waals surface area (Å²) in [4.78, 5) is 26.7. The van der Waals surface area contributed by atoms with E-state index in [0.717, 1.165) is 16.5 Å². The number of carbonyl (C=O) groups is 1. The number of aryl methyl sites for hydroxylation is 2. The summed E-state index contributed by atoms with van der Waals surface area (Å²) in [7, 11) is 0. The van der Waals surface area contributed by atoms with Crippen molar-refractivity contribution < 1.29 is 4.79 Å². The second-order valence-electron chi connectivity index (χ2n) is 6.71. The van der Waals surface area contributed by atoms with Crippen LogP contribution in [-0.2, 0) is 6.54 Å². The molecule has 22 heavy (non-hydrogen) atoms. The minimum absolute atomic E-state index is 0.174. The highest BCUT2D eigenvalue weighted by Crippen LogP contribution is 2.17. The first-order valence-corrected chi connectivity index (χ1v) is 7.35. The summed E-state index contributed by atoms with van der Waals surface area (Å²) < 4.78 is 0. The lowest BCUT2D eigenvalue weighted by molar-refractivity contribution is 0.231. The van der Waals surface area contributed by atoms with Gasteiger partial charge in [0.05, 0.1) is 0 Å². The molecule has 5 nitrogen and oxygen atoms in total. The summed E-state index contributed by atoms with van der Waals surface area (Å²) >= 11 is 0. The maximum Gasteiger partial charge on any atom is 0.315 e. The van der Waals surface area contributed by atoms with Crippen molar-refractivity contribution in [2.45, 2.75) is 46.7 Å². The van der Waals surface area contributed by atoms with Crippen LogP contribution >= 0.6 is 0 Å². The molecular formula is C17H23N3O2. The lowest BCUT2D eigenvalue weighted by atomic mass is 10.1. The van der Waals surface area contributed by atoms with E-state index in [2.05, 4.69) is 15.6 Å². The van der Waals surface area contributed by atoms with Crippen molar-refractivity contribution in [1.82, 2.24) is 15.6 Å². The molecule has 5 heteroatoms. The zero-order valence-electron chi connectivity index (χ0n) is 13.8. The average Bonchev–Trinajstić information content (AvgIpc) is 2.36. The maximum atomic E-state index is 12.1. The van der Waals surface area contributed by atoms with Crippen molar-refractivity contribution in [2.24, 2.45) is 0 Å². The van der Waals surface area contributed by atoms with Crippen LogP contribution in [0.5, 0.6) is 0 Å². The number of aromatic amines is 1. The molecule has 2 aromatic rings. The third kappa shape index (κ3) is 3.87. The fourth-order valence-corrected chi connectivity index (χ4v) is 2.21. The van der Waals surface area contributed by atoms with Crippen LogP contribution in [0.4, 0.5) is 4.79 Å². The third-order valence-electron chi connectivity index (χ3n) is 3.46. The van der Waals surface area contributed by atoms with Crippen molar-refractivity contribution in [3.63, 3.8) is 0 Å². The summed E-state index contributed by atoms with van der Waals surface area (Å²) in [6, 6.07) is 5.56. The van der Waals surface area contributed by atoms with E-state index in [9.17, 15) is 9.59 Å². The highest BCUT2D eigenvalue weighted by molar-refractivity contribution is 5.81. The van der Waals surface area contributed by atoms with Gasteiger partial charge in [-0.05, 0) is 69.3 Å². The van der Waals surface area contributed by atoms with Gasteiger partial charge in [0.25, 0.3) is 5.56 Å². The Labute approximate surface area is 130 Å². The molecule has 1 aromatic heterocycles. The Morgan fingerprint density at radius 1 is 1.14 bits per heavy atom. The van der Waals surface area contributed by atoms with E-state index in [1.54, 1.807) is 0 Å². The Bertz CT molecular complexity index is 770. The van der Waals surface area contributed by atoms with Gasteiger partial charge in [-0.15, -0.1) is 0 Å². The quantitative estimate of drug-likeness (QED) is 0.798. The van der Waals surface area contributed by atoms with Crippen molar-refractivity contribution in [3.8, 4) is 0 Å². The second-order valence-corrected chi connectivity index (χ2v) is 6.71. The number of rotatable bonds is 2. The van der Waals surface area contributed by atoms with E-state index in [1.165, 1.54) is 5.56 Å². The molecule has 0 radical (unpaired) electrons. The van der Waals surface area contributed by atoms with E-state index in [0.29, 0.717) is 5.56 Å². The summed E-state index contributed by atoms with van der Waals surface area (Å²) in [5, 5.41) is 6.49. The van der Waals surface area contributed by atoms with Crippen molar-refractivity contribution in [3.05, 3.63) is 45.2 Å². The molecule has 0 spiro atoms. The molecular weight excluding hydrogens is 278 g/mol. The molecule has 0 fully saturated rings. The van der Waals surface area contributed by atoms with Gasteiger partial charge < -0.3 is 15.6 Å². The average molecular weight is 301 g/mol. The number of nitrogens with one attached hydrogen (secondary N) is 3. The molecule has 0 unspecified atom stereocenters. The van der Waals surface area contributed by atoms with Gasteiger partial charge in [0, 0.05) is 23.2 Å². The minimum atomic E-state index is -0.311. The van der Waals surface area contributed by atoms with Gasteiger partial charge in [-0.2, -0.15) is 0 Å². The Kier molecular flexibility index (Phi) is 4.26. The standard InChI is InChI=1S/C17H23N3O2/c1-10-6-12-8-13(9-18-16(22)20-17(3,4)5)15(21)19-14(12)7-11(10)2/h6-8H,9H2,1-5H3,(H,19,21)(H2,18,20,22). The zero-order valence-corrected chi connectivity index (χ0v) is 13.8. The molecule has 0 saturated heterocycles. The zero-order chi connectivity index (χ0) is 16.5. The Balaban J connectivity index is 2.21. The van der Waals surface area contributed by atoms with Gasteiger partial charge in [-0.25, -0.2) is 4.79 Å². The second kappa shape index (κ2) is 5.83. The van der Waals surface area contributed by atoms with Crippen LogP contribution in [0.3, 0.4) is 0 Å². The SMILES string of the molecule is Cc1cc2cc(CNC(=O)NC(C)(C)C)c(=O)[nH]c2cc1C. The van der Waals surface area contributed by atoms with E-state index in [1.807, 2.05) is 52.8 Å². The highest BCUT2D eigenvalue weighted by Gasteiger charge is 2.13. The number of urea groups is 1. The number of fused-ring (bicyclic) bond motifs is 1. The predicted octanol–water partition coefficient (Wildman–Crippen LogP) is 2.74. The normalized spacial score (nSPS) is 11.5. The predicted molar refractivity (Wildman–Crippen MR) is 89.2 cm³/mol. The van der Waals surface area contributed by atoms with Crippen molar-refractivity contribution >= 4 is 16.9 Å². The maximum absolute atomic E-state index is 12.1. The number of hydrogen-bond acceptors (Lipinski definition) is 2. The Hall–Kier alpha value is -2.30. The number of H-pyrrole nitrogens is 1. The first-order valence-electron chi connectivity index (χ1n) is 7.35. The summed E-state index contributed by atoms with van der Waals surface area (Å²) in [5.41, 5.74) is 3.18. The largest absolute Gasteiger partial charge is 0.334 e. The number of pyridine rings is 1. The lowest BCUT2D eigenvalue weighted by Crippen LogP contribution is -2.46. The van der Waals surface area contributed by atoms with Crippen LogP contribution in [0, 0.1) is 13.8 Å². The number of amides is 2. The summed E-state index contributed by atoms with van der Waals surface area (Å²) in [6.45, 7) is 9.95. The molecule has 1 aromatic carbocycles. The van der Waals surface area contributed by atoms with Crippen LogP contribution < -0.4 is 16.2 Å². The third-order valence-corrected chi connectivity index (χ3v) is 3.46.